The van der Waals surface area contributed by atoms with Crippen LogP contribution in [0.5, 0.6) is 5.75 Å². The van der Waals surface area contributed by atoms with Gasteiger partial charge in [-0.3, -0.25) is 15.3 Å². The first-order valence-corrected chi connectivity index (χ1v) is 12.1. The zero-order valence-corrected chi connectivity index (χ0v) is 19.8. The zero-order chi connectivity index (χ0) is 24.5. The first-order chi connectivity index (χ1) is 16.4. The van der Waals surface area contributed by atoms with Crippen molar-refractivity contribution < 1.29 is 24.6 Å². The minimum absolute atomic E-state index is 0.112. The summed E-state index contributed by atoms with van der Waals surface area (Å²) >= 11 is 1.61. The number of hydrogen-bond donors (Lipinski definition) is 4. The molecule has 3 rings (SSSR count). The molecular weight excluding hydrogens is 452 g/mol. The predicted molar refractivity (Wildman–Crippen MR) is 134 cm³/mol. The number of hydroxylamine groups is 1. The van der Waals surface area contributed by atoms with Crippen LogP contribution in [0.1, 0.15) is 31.4 Å². The smallest absolute Gasteiger partial charge is 0.412 e. The highest BCUT2D eigenvalue weighted by molar-refractivity contribution is 7.98. The summed E-state index contributed by atoms with van der Waals surface area (Å²) in [5, 5.41) is 23.2. The van der Waals surface area contributed by atoms with Crippen LogP contribution >= 0.6 is 11.8 Å². The topological polar surface area (TPSA) is 108 Å². The van der Waals surface area contributed by atoms with E-state index in [1.807, 2.05) is 61.7 Å². The van der Waals surface area contributed by atoms with E-state index in [0.29, 0.717) is 23.9 Å². The molecule has 0 saturated carbocycles. The van der Waals surface area contributed by atoms with Crippen LogP contribution in [0.3, 0.4) is 0 Å². The third kappa shape index (κ3) is 6.52. The molecule has 0 aliphatic rings. The van der Waals surface area contributed by atoms with E-state index in [4.69, 9.17) is 9.94 Å². The fourth-order valence-electron chi connectivity index (χ4n) is 3.72. The molecule has 7 nitrogen and oxygen atoms in total. The SMILES string of the molecule is CSc1ccc(NC(=O)O[C@@H](c2ccc(O)c3ccccc23)[C@@H](C)CC/C=C/C(=O)NO)cc1. The number of thioether (sulfide) groups is 1. The first-order valence-electron chi connectivity index (χ1n) is 10.9. The Labute approximate surface area is 202 Å². The van der Waals surface area contributed by atoms with E-state index in [9.17, 15) is 14.7 Å². The van der Waals surface area contributed by atoms with Gasteiger partial charge in [0.25, 0.3) is 5.91 Å². The minimum Gasteiger partial charge on any atom is -0.507 e. The van der Waals surface area contributed by atoms with Crippen LogP contribution < -0.4 is 10.8 Å². The maximum atomic E-state index is 12.8. The van der Waals surface area contributed by atoms with Crippen molar-refractivity contribution in [2.24, 2.45) is 5.92 Å². The molecule has 0 aliphatic heterocycles. The third-order valence-corrected chi connectivity index (χ3v) is 6.24. The van der Waals surface area contributed by atoms with Gasteiger partial charge in [-0.25, -0.2) is 10.3 Å². The van der Waals surface area contributed by atoms with Crippen LogP contribution in [0, 0.1) is 5.92 Å². The molecule has 0 bridgehead atoms. The molecule has 0 aromatic heterocycles. The van der Waals surface area contributed by atoms with E-state index in [-0.39, 0.29) is 11.7 Å². The van der Waals surface area contributed by atoms with E-state index >= 15 is 0 Å². The number of carbonyl (C=O) groups is 2. The van der Waals surface area contributed by atoms with E-state index in [2.05, 4.69) is 5.32 Å². The second kappa shape index (κ2) is 12.1. The Hall–Kier alpha value is -3.49. The van der Waals surface area contributed by atoms with E-state index < -0.39 is 18.1 Å². The van der Waals surface area contributed by atoms with Gasteiger partial charge in [-0.15, -0.1) is 11.8 Å². The summed E-state index contributed by atoms with van der Waals surface area (Å²) in [7, 11) is 0. The fraction of sp³-hybridized carbons (Fsp3) is 0.231. The number of allylic oxidation sites excluding steroid dienone is 1. The Kier molecular flexibility index (Phi) is 8.95. The Bertz CT molecular complexity index is 1160. The molecule has 0 fully saturated rings. The van der Waals surface area contributed by atoms with E-state index in [1.54, 1.807) is 35.5 Å². The van der Waals surface area contributed by atoms with Gasteiger partial charge in [0.1, 0.15) is 11.9 Å². The summed E-state index contributed by atoms with van der Waals surface area (Å²) < 4.78 is 5.93. The maximum Gasteiger partial charge on any atom is 0.412 e. The lowest BCUT2D eigenvalue weighted by atomic mass is 9.89. The molecule has 0 spiro atoms. The van der Waals surface area contributed by atoms with Gasteiger partial charge in [0.05, 0.1) is 0 Å². The number of benzene rings is 3. The van der Waals surface area contributed by atoms with Crippen LogP contribution in [0.4, 0.5) is 10.5 Å². The van der Waals surface area contributed by atoms with Crippen molar-refractivity contribution in [2.45, 2.75) is 30.8 Å². The van der Waals surface area contributed by atoms with Crippen LogP contribution in [-0.2, 0) is 9.53 Å². The normalized spacial score (nSPS) is 12.9. The Morgan fingerprint density at radius 3 is 2.44 bits per heavy atom. The highest BCUT2D eigenvalue weighted by atomic mass is 32.2. The van der Waals surface area contributed by atoms with Crippen LogP contribution in [0.15, 0.2) is 77.7 Å². The number of phenols is 1. The van der Waals surface area contributed by atoms with Crippen LogP contribution in [-0.4, -0.2) is 28.6 Å². The Balaban J connectivity index is 1.84. The number of nitrogens with one attached hydrogen (secondary N) is 2. The quantitative estimate of drug-likeness (QED) is 0.129. The van der Waals surface area contributed by atoms with Crippen molar-refractivity contribution in [1.29, 1.82) is 0 Å². The molecule has 0 heterocycles. The number of fused-ring (bicyclic) bond motifs is 1. The number of hydrogen-bond acceptors (Lipinski definition) is 6. The van der Waals surface area contributed by atoms with E-state index in [1.165, 1.54) is 6.08 Å². The summed E-state index contributed by atoms with van der Waals surface area (Å²) in [6, 6.07) is 18.3. The molecule has 0 radical (unpaired) electrons. The average Bonchev–Trinajstić information content (AvgIpc) is 2.86. The molecule has 2 amide bonds. The average molecular weight is 481 g/mol. The highest BCUT2D eigenvalue weighted by Gasteiger charge is 2.26. The summed E-state index contributed by atoms with van der Waals surface area (Å²) in [6.07, 6.45) is 4.87. The first kappa shape index (κ1) is 25.1. The molecule has 2 atom stereocenters. The number of ether oxygens (including phenoxy) is 1. The van der Waals surface area contributed by atoms with Gasteiger partial charge in [-0.2, -0.15) is 0 Å². The maximum absolute atomic E-state index is 12.8. The van der Waals surface area contributed by atoms with Gasteiger partial charge in [-0.05, 0) is 60.7 Å². The number of phenolic OH excluding ortho intramolecular Hbond substituents is 1. The largest absolute Gasteiger partial charge is 0.507 e. The molecule has 0 aliphatic carbocycles. The number of amides is 2. The van der Waals surface area contributed by atoms with Crippen molar-refractivity contribution in [3.63, 3.8) is 0 Å². The van der Waals surface area contributed by atoms with Crippen molar-refractivity contribution in [3.8, 4) is 5.75 Å². The third-order valence-electron chi connectivity index (χ3n) is 5.50. The van der Waals surface area contributed by atoms with Gasteiger partial charge in [0.15, 0.2) is 0 Å². The molecule has 3 aromatic carbocycles. The second-order valence-electron chi connectivity index (χ2n) is 7.83. The van der Waals surface area contributed by atoms with Crippen LogP contribution in [0.25, 0.3) is 10.8 Å². The fourth-order valence-corrected chi connectivity index (χ4v) is 4.12. The van der Waals surface area contributed by atoms with Gasteiger partial charge in [0, 0.05) is 27.6 Å². The number of carbonyl (C=O) groups excluding carboxylic acids is 2. The van der Waals surface area contributed by atoms with Gasteiger partial charge in [0.2, 0.25) is 0 Å². The predicted octanol–water partition coefficient (Wildman–Crippen LogP) is 6.04. The zero-order valence-electron chi connectivity index (χ0n) is 19.0. The summed E-state index contributed by atoms with van der Waals surface area (Å²) in [6.45, 7) is 1.97. The van der Waals surface area contributed by atoms with Gasteiger partial charge in [-0.1, -0.05) is 43.3 Å². The lowest BCUT2D eigenvalue weighted by Gasteiger charge is -2.26. The molecule has 0 unspecified atom stereocenters. The lowest BCUT2D eigenvalue weighted by molar-refractivity contribution is -0.124. The Morgan fingerprint density at radius 1 is 1.06 bits per heavy atom. The summed E-state index contributed by atoms with van der Waals surface area (Å²) in [5.74, 6) is -0.557. The molecule has 8 heteroatoms. The standard InChI is InChI=1S/C26H28N2O5S/c1-17(7-3-6-10-24(30)28-32)25(22-15-16-23(29)21-9-5-4-8-20(21)22)33-26(31)27-18-11-13-19(34-2)14-12-18/h4-6,8-17,25,29,32H,3,7H2,1-2H3,(H,27,31)(H,28,30)/b10-6+/t17-,25+/m0/s1. The van der Waals surface area contributed by atoms with Crippen molar-refractivity contribution in [3.05, 3.63) is 78.4 Å². The highest BCUT2D eigenvalue weighted by Crippen LogP contribution is 2.37. The minimum atomic E-state index is -0.601. The second-order valence-corrected chi connectivity index (χ2v) is 8.71. The van der Waals surface area contributed by atoms with Gasteiger partial charge < -0.3 is 9.84 Å². The summed E-state index contributed by atoms with van der Waals surface area (Å²) in [4.78, 5) is 25.1. The van der Waals surface area contributed by atoms with E-state index in [0.717, 1.165) is 15.8 Å². The molecule has 3 aromatic rings. The lowest BCUT2D eigenvalue weighted by Crippen LogP contribution is -2.22. The number of rotatable bonds is 9. The number of aromatic hydroxyl groups is 1. The van der Waals surface area contributed by atoms with Crippen LogP contribution in [0.2, 0.25) is 0 Å². The molecule has 178 valence electrons. The molecule has 4 N–H and O–H groups in total. The monoisotopic (exact) mass is 480 g/mol. The van der Waals surface area contributed by atoms with Crippen molar-refractivity contribution in [1.82, 2.24) is 5.48 Å². The summed E-state index contributed by atoms with van der Waals surface area (Å²) in [5.41, 5.74) is 2.97. The Morgan fingerprint density at radius 2 is 1.76 bits per heavy atom. The molecular formula is C26H28N2O5S. The molecule has 34 heavy (non-hydrogen) atoms. The molecule has 0 saturated heterocycles. The number of anilines is 1. The van der Waals surface area contributed by atoms with Gasteiger partial charge >= 0.3 is 6.09 Å². The van der Waals surface area contributed by atoms with Crippen molar-refractivity contribution in [2.75, 3.05) is 11.6 Å². The van der Waals surface area contributed by atoms with Crippen molar-refractivity contribution >= 4 is 40.2 Å².